The van der Waals surface area contributed by atoms with E-state index in [1.165, 1.54) is 90.5 Å². The van der Waals surface area contributed by atoms with Crippen molar-refractivity contribution in [3.05, 3.63) is 38.6 Å². The second-order valence-corrected chi connectivity index (χ2v) is 9.97. The van der Waals surface area contributed by atoms with Crippen molar-refractivity contribution in [3.63, 3.8) is 0 Å². The van der Waals surface area contributed by atoms with Gasteiger partial charge in [0.25, 0.3) is 0 Å². The average Bonchev–Trinajstić information content (AvgIpc) is 3.43. The summed E-state index contributed by atoms with van der Waals surface area (Å²) in [5, 5.41) is 0. The fourth-order valence-electron chi connectivity index (χ4n) is 5.95. The summed E-state index contributed by atoms with van der Waals surface area (Å²) in [5.74, 6) is 0.926. The third-order valence-electron chi connectivity index (χ3n) is 7.66. The fourth-order valence-corrected chi connectivity index (χ4v) is 5.95. The Morgan fingerprint density at radius 2 is 1.37 bits per heavy atom. The molecule has 1 aliphatic carbocycles. The lowest BCUT2D eigenvalue weighted by atomic mass is 9.72. The van der Waals surface area contributed by atoms with E-state index in [0.29, 0.717) is 6.04 Å². The van der Waals surface area contributed by atoms with Crippen LogP contribution in [-0.4, -0.2) is 68.3 Å². The predicted octanol–water partition coefficient (Wildman–Crippen LogP) is 7.63. The number of hydrogen-bond donors (Lipinski definition) is 2. The molecule has 2 atom stereocenters. The van der Waals surface area contributed by atoms with Gasteiger partial charge in [-0.05, 0) is 51.4 Å². The summed E-state index contributed by atoms with van der Waals surface area (Å²) in [6, 6.07) is 1.41. The van der Waals surface area contributed by atoms with Crippen LogP contribution in [0.25, 0.3) is 0 Å². The molecule has 3 rings (SSSR count). The van der Waals surface area contributed by atoms with Crippen LogP contribution in [0.2, 0.25) is 0 Å². The third-order valence-corrected chi connectivity index (χ3v) is 7.66. The Bertz CT molecular complexity index is 499. The molecule has 0 amide bonds. The van der Waals surface area contributed by atoms with Gasteiger partial charge >= 0.3 is 0 Å². The van der Waals surface area contributed by atoms with Gasteiger partial charge in [0.15, 0.2) is 0 Å². The van der Waals surface area contributed by atoms with Crippen molar-refractivity contribution in [1.29, 1.82) is 0 Å². The third kappa shape index (κ3) is 15.5. The molecular weight excluding hydrogens is 468 g/mol. The number of nitrogens with two attached hydrogens (primary N) is 2. The highest BCUT2D eigenvalue weighted by molar-refractivity contribution is 5.10. The first-order valence-corrected chi connectivity index (χ1v) is 15.6. The molecule has 2 unspecified atom stereocenters. The molecule has 2 saturated heterocycles. The van der Waals surface area contributed by atoms with Gasteiger partial charge in [-0.3, -0.25) is 9.80 Å². The maximum atomic E-state index is 5.69. The van der Waals surface area contributed by atoms with Crippen molar-refractivity contribution in [3.8, 4) is 0 Å². The van der Waals surface area contributed by atoms with E-state index in [1.807, 2.05) is 13.8 Å². The lowest BCUT2D eigenvalue weighted by Crippen LogP contribution is -2.53. The summed E-state index contributed by atoms with van der Waals surface area (Å²) in [5.41, 5.74) is 9.39. The van der Waals surface area contributed by atoms with E-state index >= 15 is 0 Å². The Kier molecular flexibility index (Phi) is 31.4. The van der Waals surface area contributed by atoms with Crippen LogP contribution in [0.1, 0.15) is 106 Å². The molecule has 0 bridgehead atoms. The van der Waals surface area contributed by atoms with Crippen molar-refractivity contribution in [1.82, 2.24) is 9.80 Å². The minimum Gasteiger partial charge on any atom is -0.405 e. The molecule has 0 spiro atoms. The molecule has 0 aromatic heterocycles. The maximum Gasteiger partial charge on any atom is 0.0594 e. The number of ether oxygens (including phenoxy) is 1. The second-order valence-electron chi connectivity index (χ2n) is 9.97. The number of nitrogens with zero attached hydrogens (tertiary/aromatic N) is 2. The summed E-state index contributed by atoms with van der Waals surface area (Å²) in [7, 11) is 1.50. The standard InChI is InChI=1S/C23H42N2O.C3H8.C2H5N.C2H6.C2H4.CH5N/c1-4-21(5-2)25-13-12-23(6-3,19-25)22(24-14-16-26-17-15-24)18-20-10-8-7-9-11-20;1-3-2;1-2-3;3*1-2/h6,20-22H,3-5,7-19H2,1-2H3;3H2,1-2H3;2H,1,3H2;1-2H3;1-2H2;2H2,1H3. The van der Waals surface area contributed by atoms with E-state index in [0.717, 1.165) is 38.3 Å². The van der Waals surface area contributed by atoms with Crippen molar-refractivity contribution in [2.45, 2.75) is 118 Å². The van der Waals surface area contributed by atoms with Gasteiger partial charge in [-0.25, -0.2) is 0 Å². The quantitative estimate of drug-likeness (QED) is 0.311. The normalized spacial score (nSPS) is 22.2. The molecule has 0 aromatic rings. The monoisotopic (exact) mass is 539 g/mol. The van der Waals surface area contributed by atoms with E-state index in [4.69, 9.17) is 4.74 Å². The molecule has 0 radical (unpaired) electrons. The SMILES string of the molecule is C=C.C=CC1(C(CC2CCCCC2)N2CCOCC2)CCN(C(CC)CC)C1.C=CN.CC.CCC.CN. The molecular formula is C33H70N4O. The zero-order valence-electron chi connectivity index (χ0n) is 27.0. The molecule has 0 aromatic carbocycles. The van der Waals surface area contributed by atoms with Crippen LogP contribution >= 0.6 is 0 Å². The van der Waals surface area contributed by atoms with Gasteiger partial charge in [0.1, 0.15) is 0 Å². The maximum absolute atomic E-state index is 5.69. The van der Waals surface area contributed by atoms with Gasteiger partial charge in [-0.15, -0.1) is 19.7 Å². The first-order chi connectivity index (χ1) is 18.5. The largest absolute Gasteiger partial charge is 0.405 e. The van der Waals surface area contributed by atoms with Gasteiger partial charge in [0.05, 0.1) is 13.2 Å². The molecule has 38 heavy (non-hydrogen) atoms. The van der Waals surface area contributed by atoms with E-state index in [2.05, 4.69) is 81.4 Å². The zero-order chi connectivity index (χ0) is 29.8. The summed E-state index contributed by atoms with van der Waals surface area (Å²) < 4.78 is 5.69. The van der Waals surface area contributed by atoms with E-state index in [1.54, 1.807) is 0 Å². The van der Waals surface area contributed by atoms with Gasteiger partial charge in [0.2, 0.25) is 0 Å². The van der Waals surface area contributed by atoms with E-state index < -0.39 is 0 Å². The zero-order valence-corrected chi connectivity index (χ0v) is 27.0. The Balaban J connectivity index is -0.000000886. The molecule has 2 heterocycles. The molecule has 5 heteroatoms. The lowest BCUT2D eigenvalue weighted by Gasteiger charge is -2.46. The molecule has 4 N–H and O–H groups in total. The minimum atomic E-state index is 0.275. The van der Waals surface area contributed by atoms with E-state index in [-0.39, 0.29) is 5.41 Å². The van der Waals surface area contributed by atoms with E-state index in [9.17, 15) is 0 Å². The van der Waals surface area contributed by atoms with Gasteiger partial charge in [-0.1, -0.05) is 92.7 Å². The topological polar surface area (TPSA) is 67.8 Å². The van der Waals surface area contributed by atoms with Crippen LogP contribution in [0.15, 0.2) is 38.6 Å². The minimum absolute atomic E-state index is 0.275. The number of likely N-dealkylation sites (tertiary alicyclic amines) is 1. The summed E-state index contributed by atoms with van der Waals surface area (Å²) in [6.45, 7) is 33.0. The summed E-state index contributed by atoms with van der Waals surface area (Å²) in [4.78, 5) is 5.55. The van der Waals surface area contributed by atoms with Gasteiger partial charge < -0.3 is 16.2 Å². The number of rotatable bonds is 8. The van der Waals surface area contributed by atoms with Gasteiger partial charge in [-0.2, -0.15) is 0 Å². The molecule has 1 saturated carbocycles. The fraction of sp³-hybridized carbons (Fsp3) is 0.818. The Labute approximate surface area is 240 Å². The van der Waals surface area contributed by atoms with Crippen LogP contribution in [0.3, 0.4) is 0 Å². The van der Waals surface area contributed by atoms with Crippen molar-refractivity contribution in [2.24, 2.45) is 22.8 Å². The smallest absolute Gasteiger partial charge is 0.0594 e. The molecule has 2 aliphatic heterocycles. The van der Waals surface area contributed by atoms with Crippen LogP contribution in [-0.2, 0) is 4.74 Å². The Morgan fingerprint density at radius 3 is 1.79 bits per heavy atom. The molecule has 3 fully saturated rings. The first-order valence-electron chi connectivity index (χ1n) is 15.6. The molecule has 228 valence electrons. The van der Waals surface area contributed by atoms with Gasteiger partial charge in [0, 0.05) is 37.1 Å². The Morgan fingerprint density at radius 1 is 0.895 bits per heavy atom. The highest BCUT2D eigenvalue weighted by atomic mass is 16.5. The van der Waals surface area contributed by atoms with Crippen molar-refractivity contribution < 1.29 is 4.74 Å². The number of hydrogen-bond acceptors (Lipinski definition) is 5. The van der Waals surface area contributed by atoms with Crippen LogP contribution in [0.5, 0.6) is 0 Å². The Hall–Kier alpha value is -1.14. The van der Waals surface area contributed by atoms with Crippen LogP contribution in [0, 0.1) is 11.3 Å². The van der Waals surface area contributed by atoms with Crippen molar-refractivity contribution in [2.75, 3.05) is 46.4 Å². The van der Waals surface area contributed by atoms with Crippen LogP contribution in [0.4, 0.5) is 0 Å². The molecule has 5 nitrogen and oxygen atoms in total. The average molecular weight is 539 g/mol. The second kappa shape index (κ2) is 28.9. The van der Waals surface area contributed by atoms with Crippen molar-refractivity contribution >= 4 is 0 Å². The highest BCUT2D eigenvalue weighted by Crippen LogP contribution is 2.43. The highest BCUT2D eigenvalue weighted by Gasteiger charge is 2.46. The molecule has 3 aliphatic rings. The summed E-state index contributed by atoms with van der Waals surface area (Å²) in [6.07, 6.45) is 17.3. The van der Waals surface area contributed by atoms with Crippen LogP contribution < -0.4 is 11.5 Å². The number of morpholine rings is 1. The predicted molar refractivity (Wildman–Crippen MR) is 174 cm³/mol. The summed E-state index contributed by atoms with van der Waals surface area (Å²) >= 11 is 0. The first kappa shape index (κ1) is 41.3. The lowest BCUT2D eigenvalue weighted by molar-refractivity contribution is -0.0194.